The molecule has 11 nitrogen and oxygen atoms in total. The lowest BCUT2D eigenvalue weighted by molar-refractivity contribution is -0.389. The first-order valence-electron chi connectivity index (χ1n) is 13.8. The van der Waals surface area contributed by atoms with E-state index in [-0.39, 0.29) is 17.9 Å². The van der Waals surface area contributed by atoms with Gasteiger partial charge in [0.15, 0.2) is 0 Å². The molecule has 2 aliphatic rings. The average molecular weight is 557 g/mol. The highest BCUT2D eigenvalue weighted by Crippen LogP contribution is 2.26. The van der Waals surface area contributed by atoms with Crippen LogP contribution in [0, 0.1) is 10.1 Å². The molecule has 2 aromatic heterocycles. The van der Waals surface area contributed by atoms with Crippen molar-refractivity contribution in [3.63, 3.8) is 0 Å². The smallest absolute Gasteiger partial charge is 0.414 e. The Kier molecular flexibility index (Phi) is 7.94. The summed E-state index contributed by atoms with van der Waals surface area (Å²) in [7, 11) is 0. The molecule has 0 spiro atoms. The highest BCUT2D eigenvalue weighted by atomic mass is 16.6. The molecular formula is C30H32N6O5. The summed E-state index contributed by atoms with van der Waals surface area (Å²) in [5.74, 6) is 1.43. The van der Waals surface area contributed by atoms with Gasteiger partial charge in [-0.25, -0.2) is 0 Å². The number of hydrogen-bond acceptors (Lipinski definition) is 9. The molecule has 212 valence electrons. The summed E-state index contributed by atoms with van der Waals surface area (Å²) in [6, 6.07) is 20.7. The Morgan fingerprint density at radius 1 is 0.927 bits per heavy atom. The van der Waals surface area contributed by atoms with Crippen LogP contribution in [-0.4, -0.2) is 63.2 Å². The van der Waals surface area contributed by atoms with Crippen LogP contribution in [0.3, 0.4) is 0 Å². The first-order valence-corrected chi connectivity index (χ1v) is 13.8. The van der Waals surface area contributed by atoms with Crippen LogP contribution >= 0.6 is 0 Å². The van der Waals surface area contributed by atoms with E-state index in [4.69, 9.17) is 14.2 Å². The van der Waals surface area contributed by atoms with Crippen molar-refractivity contribution in [1.82, 2.24) is 19.4 Å². The molecule has 1 unspecified atom stereocenters. The molecule has 6 rings (SSSR count). The summed E-state index contributed by atoms with van der Waals surface area (Å²) in [6.07, 6.45) is 5.49. The summed E-state index contributed by atoms with van der Waals surface area (Å²) in [5, 5.41) is 10.9. The lowest BCUT2D eigenvalue weighted by Crippen LogP contribution is -2.45. The molecule has 1 saturated heterocycles. The second-order valence-electron chi connectivity index (χ2n) is 10.2. The molecule has 4 heterocycles. The average Bonchev–Trinajstić information content (AvgIpc) is 3.45. The molecule has 0 bridgehead atoms. The number of piperazine rings is 1. The van der Waals surface area contributed by atoms with Crippen LogP contribution in [0.1, 0.15) is 17.5 Å². The molecule has 2 aromatic carbocycles. The fourth-order valence-electron chi connectivity index (χ4n) is 5.04. The number of aromatic nitrogens is 3. The van der Waals surface area contributed by atoms with E-state index in [1.165, 1.54) is 17.4 Å². The number of fused-ring (bicyclic) bond motifs is 1. The minimum absolute atomic E-state index is 0.199. The molecule has 1 atom stereocenters. The number of anilines is 1. The monoisotopic (exact) mass is 556 g/mol. The highest BCUT2D eigenvalue weighted by Gasteiger charge is 2.28. The summed E-state index contributed by atoms with van der Waals surface area (Å²) in [5.41, 5.74) is 3.50. The first-order chi connectivity index (χ1) is 20.1. The van der Waals surface area contributed by atoms with Gasteiger partial charge in [-0.05, 0) is 53.0 Å². The van der Waals surface area contributed by atoms with Crippen molar-refractivity contribution in [3.8, 4) is 17.5 Å². The fourth-order valence-corrected chi connectivity index (χ4v) is 5.04. The zero-order valence-corrected chi connectivity index (χ0v) is 22.7. The summed E-state index contributed by atoms with van der Waals surface area (Å²) < 4.78 is 19.3. The number of hydrogen-bond donors (Lipinski definition) is 0. The quantitative estimate of drug-likeness (QED) is 0.208. The predicted molar refractivity (Wildman–Crippen MR) is 152 cm³/mol. The highest BCUT2D eigenvalue weighted by molar-refractivity contribution is 5.49. The van der Waals surface area contributed by atoms with Crippen LogP contribution < -0.4 is 19.1 Å². The number of aryl methyl sites for hydroxylation is 1. The number of ether oxygens (including phenoxy) is 3. The Balaban J connectivity index is 0.927. The van der Waals surface area contributed by atoms with Crippen LogP contribution in [0.15, 0.2) is 79.3 Å². The molecule has 0 N–H and O–H groups in total. The van der Waals surface area contributed by atoms with Gasteiger partial charge in [-0.2, -0.15) is 0 Å². The second kappa shape index (κ2) is 12.3. The first kappa shape index (κ1) is 26.6. The summed E-state index contributed by atoms with van der Waals surface area (Å²) in [6.45, 7) is 6.30. The third-order valence-electron chi connectivity index (χ3n) is 7.35. The van der Waals surface area contributed by atoms with E-state index >= 15 is 0 Å². The van der Waals surface area contributed by atoms with E-state index in [1.807, 2.05) is 42.6 Å². The SMILES string of the molecule is O=[N+]([O-])c1cn2c(n1)OC(COc1ccc(N3CCN(Cc4ccc(OCc5cccnc5)cc4)CC3)cc1)CC2. The van der Waals surface area contributed by atoms with Gasteiger partial charge in [0.05, 0.1) is 0 Å². The summed E-state index contributed by atoms with van der Waals surface area (Å²) >= 11 is 0. The zero-order chi connectivity index (χ0) is 28.0. The molecule has 2 aliphatic heterocycles. The normalized spacial score (nSPS) is 17.0. The van der Waals surface area contributed by atoms with Gasteiger partial charge in [-0.3, -0.25) is 14.5 Å². The largest absolute Gasteiger partial charge is 0.490 e. The molecule has 1 fully saturated rings. The Labute approximate surface area is 238 Å². The Hall–Kier alpha value is -4.64. The van der Waals surface area contributed by atoms with Gasteiger partial charge in [0, 0.05) is 74.3 Å². The molecular weight excluding hydrogens is 524 g/mol. The van der Waals surface area contributed by atoms with Crippen molar-refractivity contribution >= 4 is 11.5 Å². The Morgan fingerprint density at radius 2 is 1.68 bits per heavy atom. The van der Waals surface area contributed by atoms with Gasteiger partial charge in [-0.1, -0.05) is 18.2 Å². The number of nitrogens with zero attached hydrogens (tertiary/aromatic N) is 6. The standard InChI is InChI=1S/C30H32N6O5/c37-36(38)29-20-35-13-11-28(41-30(35)32-29)22-40-27-9-5-25(6-10-27)34-16-14-33(15-17-34)19-23-3-7-26(8-4-23)39-21-24-2-1-12-31-18-24/h1-10,12,18,20,28H,11,13-17,19,21-22H2. The van der Waals surface area contributed by atoms with Gasteiger partial charge in [0.25, 0.3) is 0 Å². The maximum absolute atomic E-state index is 10.9. The number of nitro groups is 1. The van der Waals surface area contributed by atoms with Crippen molar-refractivity contribution in [2.24, 2.45) is 0 Å². The van der Waals surface area contributed by atoms with Gasteiger partial charge in [0.2, 0.25) is 0 Å². The topological polar surface area (TPSA) is 108 Å². The minimum Gasteiger partial charge on any atom is -0.490 e. The van der Waals surface area contributed by atoms with E-state index in [0.717, 1.165) is 49.8 Å². The van der Waals surface area contributed by atoms with Crippen LogP contribution in [0.5, 0.6) is 17.5 Å². The number of benzene rings is 2. The molecule has 0 aliphatic carbocycles. The third kappa shape index (κ3) is 6.75. The third-order valence-corrected chi connectivity index (χ3v) is 7.35. The maximum Gasteiger partial charge on any atom is 0.414 e. The number of pyridine rings is 1. The molecule has 0 saturated carbocycles. The van der Waals surface area contributed by atoms with Crippen molar-refractivity contribution in [2.75, 3.05) is 37.7 Å². The number of imidazole rings is 1. The van der Waals surface area contributed by atoms with Crippen molar-refractivity contribution in [3.05, 3.63) is 100 Å². The Morgan fingerprint density at radius 3 is 2.41 bits per heavy atom. The van der Waals surface area contributed by atoms with Crippen LogP contribution in [0.2, 0.25) is 0 Å². The van der Waals surface area contributed by atoms with Gasteiger partial charge in [0.1, 0.15) is 37.0 Å². The van der Waals surface area contributed by atoms with Gasteiger partial charge >= 0.3 is 11.8 Å². The van der Waals surface area contributed by atoms with E-state index in [9.17, 15) is 10.1 Å². The van der Waals surface area contributed by atoms with Gasteiger partial charge < -0.3 is 29.2 Å². The fraction of sp³-hybridized carbons (Fsp3) is 0.333. The van der Waals surface area contributed by atoms with E-state index in [2.05, 4.69) is 44.0 Å². The lowest BCUT2D eigenvalue weighted by atomic mass is 10.1. The van der Waals surface area contributed by atoms with Crippen molar-refractivity contribution in [2.45, 2.75) is 32.2 Å². The van der Waals surface area contributed by atoms with Crippen LogP contribution in [0.25, 0.3) is 0 Å². The minimum atomic E-state index is -0.511. The van der Waals surface area contributed by atoms with Crippen LogP contribution in [0.4, 0.5) is 11.5 Å². The Bertz CT molecular complexity index is 1440. The zero-order valence-electron chi connectivity index (χ0n) is 22.7. The predicted octanol–water partition coefficient (Wildman–Crippen LogP) is 4.32. The molecule has 41 heavy (non-hydrogen) atoms. The molecule has 0 amide bonds. The summed E-state index contributed by atoms with van der Waals surface area (Å²) in [4.78, 5) is 23.4. The number of rotatable bonds is 10. The lowest BCUT2D eigenvalue weighted by Gasteiger charge is -2.36. The molecule has 11 heteroatoms. The van der Waals surface area contributed by atoms with E-state index in [0.29, 0.717) is 26.2 Å². The van der Waals surface area contributed by atoms with Gasteiger partial charge in [-0.15, -0.1) is 0 Å². The molecule has 4 aromatic rings. The second-order valence-corrected chi connectivity index (χ2v) is 10.2. The molecule has 0 radical (unpaired) electrons. The maximum atomic E-state index is 10.9. The van der Waals surface area contributed by atoms with E-state index in [1.54, 1.807) is 10.8 Å². The van der Waals surface area contributed by atoms with Crippen LogP contribution in [-0.2, 0) is 19.7 Å². The van der Waals surface area contributed by atoms with E-state index < -0.39 is 4.92 Å². The van der Waals surface area contributed by atoms with Crippen molar-refractivity contribution < 1.29 is 19.1 Å². The van der Waals surface area contributed by atoms with Crippen molar-refractivity contribution in [1.29, 1.82) is 0 Å².